The van der Waals surface area contributed by atoms with Crippen LogP contribution in [0.1, 0.15) is 12.5 Å². The van der Waals surface area contributed by atoms with E-state index in [1.807, 2.05) is 6.92 Å². The van der Waals surface area contributed by atoms with E-state index in [1.54, 1.807) is 24.4 Å². The van der Waals surface area contributed by atoms with E-state index in [9.17, 15) is 8.78 Å². The monoisotopic (exact) mass is 438 g/mol. The molecule has 2 aromatic rings. The number of aliphatic imine (C=N–C) groups is 1. The Morgan fingerprint density at radius 2 is 2.14 bits per heavy atom. The molecule has 1 atom stereocenters. The molecular weight excluding hydrogens is 425 g/mol. The second kappa shape index (κ2) is 9.03. The standard InChI is InChI=1S/C18H14Cl2F2N6O/c1-10-8-28(27-16(10)11-5-6-12(19)13(20)7-11)18(24-9-23)26-14-3-2-4-15(25-14)29-17(21)22/h2-7,10,17H,8H2,1H3,(H,24,25,26). The molecule has 0 amide bonds. The third-order valence-electron chi connectivity index (χ3n) is 3.91. The first kappa shape index (κ1) is 20.8. The molecule has 0 saturated heterocycles. The highest BCUT2D eigenvalue weighted by atomic mass is 35.5. The van der Waals surface area contributed by atoms with Gasteiger partial charge in [0.05, 0.1) is 22.3 Å². The molecule has 2 heterocycles. The number of pyridine rings is 1. The van der Waals surface area contributed by atoms with E-state index in [1.165, 1.54) is 23.2 Å². The third kappa shape index (κ3) is 5.10. The molecule has 0 spiro atoms. The molecule has 1 unspecified atom stereocenters. The molecule has 0 bridgehead atoms. The Balaban J connectivity index is 1.91. The molecule has 150 valence electrons. The summed E-state index contributed by atoms with van der Waals surface area (Å²) in [5.41, 5.74) is 1.52. The van der Waals surface area contributed by atoms with Gasteiger partial charge in [0.1, 0.15) is 0 Å². The Hall–Kier alpha value is -2.96. The number of nitrogens with one attached hydrogen (secondary N) is 1. The van der Waals surface area contributed by atoms with Crippen LogP contribution in [0.3, 0.4) is 0 Å². The normalized spacial score (nSPS) is 16.6. The maximum absolute atomic E-state index is 12.4. The Kier molecular flexibility index (Phi) is 6.46. The quantitative estimate of drug-likeness (QED) is 0.330. The number of hydrazone groups is 1. The molecule has 1 aliphatic heterocycles. The summed E-state index contributed by atoms with van der Waals surface area (Å²) in [6.07, 6.45) is 1.79. The lowest BCUT2D eigenvalue weighted by atomic mass is 9.99. The van der Waals surface area contributed by atoms with Gasteiger partial charge in [0.15, 0.2) is 12.0 Å². The summed E-state index contributed by atoms with van der Waals surface area (Å²) >= 11 is 12.1. The first-order valence-corrected chi connectivity index (χ1v) is 9.10. The van der Waals surface area contributed by atoms with Crippen LogP contribution in [0.4, 0.5) is 14.6 Å². The summed E-state index contributed by atoms with van der Waals surface area (Å²) in [7, 11) is 0. The van der Waals surface area contributed by atoms with E-state index in [4.69, 9.17) is 28.5 Å². The number of halogens is 4. The highest BCUT2D eigenvalue weighted by Gasteiger charge is 2.27. The molecule has 0 radical (unpaired) electrons. The van der Waals surface area contributed by atoms with Crippen molar-refractivity contribution in [1.82, 2.24) is 15.3 Å². The Morgan fingerprint density at radius 3 is 2.83 bits per heavy atom. The van der Waals surface area contributed by atoms with Gasteiger partial charge in [0.25, 0.3) is 0 Å². The number of rotatable bonds is 4. The number of hydrogen-bond donors (Lipinski definition) is 1. The first-order valence-electron chi connectivity index (χ1n) is 8.34. The van der Waals surface area contributed by atoms with Gasteiger partial charge < -0.3 is 4.74 Å². The lowest BCUT2D eigenvalue weighted by Crippen LogP contribution is -2.35. The number of aromatic nitrogens is 1. The summed E-state index contributed by atoms with van der Waals surface area (Å²) in [6.45, 7) is -0.618. The summed E-state index contributed by atoms with van der Waals surface area (Å²) in [5, 5.41) is 18.4. The van der Waals surface area contributed by atoms with Crippen molar-refractivity contribution in [2.45, 2.75) is 13.5 Å². The molecule has 7 nitrogen and oxygen atoms in total. The third-order valence-corrected chi connectivity index (χ3v) is 4.65. The van der Waals surface area contributed by atoms with Crippen LogP contribution in [0, 0.1) is 17.4 Å². The van der Waals surface area contributed by atoms with Gasteiger partial charge in [-0.2, -0.15) is 29.1 Å². The van der Waals surface area contributed by atoms with Gasteiger partial charge in [-0.15, -0.1) is 0 Å². The van der Waals surface area contributed by atoms with Gasteiger partial charge in [-0.3, -0.25) is 5.32 Å². The lowest BCUT2D eigenvalue weighted by Gasteiger charge is -2.15. The van der Waals surface area contributed by atoms with Crippen molar-refractivity contribution in [3.8, 4) is 12.1 Å². The second-order valence-corrected chi connectivity index (χ2v) is 6.80. The summed E-state index contributed by atoms with van der Waals surface area (Å²) in [6, 6.07) is 9.42. The average Bonchev–Trinajstić information content (AvgIpc) is 3.05. The number of benzene rings is 1. The van der Waals surface area contributed by atoms with Crippen molar-refractivity contribution < 1.29 is 13.5 Å². The molecule has 29 heavy (non-hydrogen) atoms. The second-order valence-electron chi connectivity index (χ2n) is 5.98. The maximum Gasteiger partial charge on any atom is 0.388 e. The van der Waals surface area contributed by atoms with Crippen LogP contribution < -0.4 is 10.1 Å². The van der Waals surface area contributed by atoms with Crippen molar-refractivity contribution in [2.24, 2.45) is 16.0 Å². The van der Waals surface area contributed by atoms with E-state index in [0.717, 1.165) is 11.3 Å². The largest absolute Gasteiger partial charge is 0.417 e. The van der Waals surface area contributed by atoms with Crippen LogP contribution >= 0.6 is 23.2 Å². The van der Waals surface area contributed by atoms with Crippen LogP contribution in [-0.4, -0.2) is 34.8 Å². The van der Waals surface area contributed by atoms with Gasteiger partial charge in [-0.1, -0.05) is 42.3 Å². The molecule has 1 N–H and O–H groups in total. The number of nitriles is 1. The fraction of sp³-hybridized carbons (Fsp3) is 0.222. The minimum Gasteiger partial charge on any atom is -0.417 e. The SMILES string of the molecule is CC1CN(C(=Nc2cccc(OC(F)F)n2)NC#N)N=C1c1ccc(Cl)c(Cl)c1. The Bertz CT molecular complexity index is 1010. The maximum atomic E-state index is 12.4. The number of hydrogen-bond acceptors (Lipinski definition) is 5. The lowest BCUT2D eigenvalue weighted by molar-refractivity contribution is -0.0527. The highest BCUT2D eigenvalue weighted by molar-refractivity contribution is 6.42. The van der Waals surface area contributed by atoms with Crippen molar-refractivity contribution >= 4 is 40.7 Å². The topological polar surface area (TPSA) is 85.9 Å². The molecule has 0 aliphatic carbocycles. The molecule has 0 saturated carbocycles. The molecule has 1 aromatic carbocycles. The molecule has 1 aromatic heterocycles. The van der Waals surface area contributed by atoms with Crippen LogP contribution in [-0.2, 0) is 0 Å². The van der Waals surface area contributed by atoms with Gasteiger partial charge in [-0.25, -0.2) is 5.01 Å². The zero-order chi connectivity index (χ0) is 21.0. The summed E-state index contributed by atoms with van der Waals surface area (Å²) in [4.78, 5) is 8.09. The Labute approximate surface area is 175 Å². The van der Waals surface area contributed by atoms with E-state index < -0.39 is 6.61 Å². The smallest absolute Gasteiger partial charge is 0.388 e. The number of nitrogens with zero attached hydrogens (tertiary/aromatic N) is 5. The van der Waals surface area contributed by atoms with E-state index in [-0.39, 0.29) is 23.6 Å². The van der Waals surface area contributed by atoms with Gasteiger partial charge in [0.2, 0.25) is 11.8 Å². The van der Waals surface area contributed by atoms with Gasteiger partial charge in [0, 0.05) is 12.0 Å². The van der Waals surface area contributed by atoms with E-state index in [0.29, 0.717) is 16.6 Å². The minimum atomic E-state index is -3.00. The minimum absolute atomic E-state index is 0.000560. The van der Waals surface area contributed by atoms with Crippen LogP contribution in [0.2, 0.25) is 10.0 Å². The molecular formula is C18H14Cl2F2N6O. The van der Waals surface area contributed by atoms with E-state index >= 15 is 0 Å². The fourth-order valence-electron chi connectivity index (χ4n) is 2.68. The number of alkyl halides is 2. The van der Waals surface area contributed by atoms with Crippen LogP contribution in [0.25, 0.3) is 0 Å². The molecule has 0 fully saturated rings. The van der Waals surface area contributed by atoms with Gasteiger partial charge >= 0.3 is 6.61 Å². The van der Waals surface area contributed by atoms with Crippen LogP contribution in [0.15, 0.2) is 46.5 Å². The molecule has 11 heteroatoms. The van der Waals surface area contributed by atoms with Crippen LogP contribution in [0.5, 0.6) is 5.88 Å². The molecule has 3 rings (SSSR count). The van der Waals surface area contributed by atoms with Crippen molar-refractivity contribution in [2.75, 3.05) is 6.54 Å². The zero-order valence-corrected chi connectivity index (χ0v) is 16.5. The fourth-order valence-corrected chi connectivity index (χ4v) is 2.98. The highest BCUT2D eigenvalue weighted by Crippen LogP contribution is 2.27. The summed E-state index contributed by atoms with van der Waals surface area (Å²) in [5.74, 6) is -0.116. The van der Waals surface area contributed by atoms with Crippen molar-refractivity contribution in [1.29, 1.82) is 5.26 Å². The Morgan fingerprint density at radius 1 is 1.34 bits per heavy atom. The predicted octanol–water partition coefficient (Wildman–Crippen LogP) is 4.40. The average molecular weight is 439 g/mol. The molecule has 1 aliphatic rings. The van der Waals surface area contributed by atoms with Gasteiger partial charge in [-0.05, 0) is 23.8 Å². The zero-order valence-electron chi connectivity index (χ0n) is 15.0. The first-order chi connectivity index (χ1) is 13.9. The van der Waals surface area contributed by atoms with Crippen molar-refractivity contribution in [3.63, 3.8) is 0 Å². The number of guanidine groups is 1. The summed E-state index contributed by atoms with van der Waals surface area (Å²) < 4.78 is 29.0. The van der Waals surface area contributed by atoms with Crippen molar-refractivity contribution in [3.05, 3.63) is 52.0 Å². The predicted molar refractivity (Wildman–Crippen MR) is 106 cm³/mol. The van der Waals surface area contributed by atoms with E-state index in [2.05, 4.69) is 25.1 Å². The number of ether oxygens (including phenoxy) is 1.